The van der Waals surface area contributed by atoms with E-state index in [0.717, 1.165) is 221 Å². The van der Waals surface area contributed by atoms with E-state index in [2.05, 4.69) is 253 Å². The van der Waals surface area contributed by atoms with Crippen molar-refractivity contribution in [3.05, 3.63) is 328 Å². The lowest BCUT2D eigenvalue weighted by Crippen LogP contribution is -1.94. The number of hydrogen-bond donors (Lipinski definition) is 0. The van der Waals surface area contributed by atoms with Crippen LogP contribution in [0.3, 0.4) is 0 Å². The van der Waals surface area contributed by atoms with Gasteiger partial charge in [-0.3, -0.25) is 24.9 Å². The average Bonchev–Trinajstić information content (AvgIpc) is 0.739. The van der Waals surface area contributed by atoms with Crippen LogP contribution >= 0.6 is 0 Å². The molecule has 0 unspecified atom stereocenters. The molecule has 21 rings (SSSR count). The second-order valence-electron chi connectivity index (χ2n) is 26.9. The van der Waals surface area contributed by atoms with Crippen LogP contribution in [-0.2, 0) is 0 Å². The first-order valence-electron chi connectivity index (χ1n) is 35.2. The van der Waals surface area contributed by atoms with Gasteiger partial charge in [0.05, 0.1) is 106 Å². The molecule has 0 saturated carbocycles. The molecule has 0 aliphatic heterocycles. The first-order chi connectivity index (χ1) is 52.4. The van der Waals surface area contributed by atoms with E-state index in [1.54, 1.807) is 12.4 Å². The minimum absolute atomic E-state index is 0.790. The number of rotatable bonds is 10. The van der Waals surface area contributed by atoms with Crippen LogP contribution in [0, 0.1) is 0 Å². The highest BCUT2D eigenvalue weighted by Crippen LogP contribution is 2.40. The lowest BCUT2D eigenvalue weighted by Gasteiger charge is -2.13. The molecule has 0 aliphatic carbocycles. The molecule has 9 aromatic carbocycles. The summed E-state index contributed by atoms with van der Waals surface area (Å²) in [7, 11) is 0. The van der Waals surface area contributed by atoms with Crippen LogP contribution in [0.25, 0.3) is 221 Å². The maximum absolute atomic E-state index is 5.52. The van der Waals surface area contributed by atoms with Crippen LogP contribution in [0.2, 0.25) is 0 Å². The number of pyridine rings is 12. The lowest BCUT2D eigenvalue weighted by atomic mass is 9.96. The van der Waals surface area contributed by atoms with Gasteiger partial charge in [-0.15, -0.1) is 0 Å². The Balaban J connectivity index is 0.591. The minimum atomic E-state index is 0.790. The number of fused-ring (bicyclic) bond motifs is 13. The van der Waals surface area contributed by atoms with E-state index in [1.807, 2.05) is 73.2 Å². The van der Waals surface area contributed by atoms with Crippen LogP contribution < -0.4 is 0 Å². The Hall–Kier alpha value is -14.6. The molecule has 12 aromatic heterocycles. The van der Waals surface area contributed by atoms with Gasteiger partial charge in [0.25, 0.3) is 0 Å². The molecule has 12 heterocycles. The Morgan fingerprint density at radius 2 is 0.528 bits per heavy atom. The van der Waals surface area contributed by atoms with E-state index in [4.69, 9.17) is 49.8 Å². The molecule has 0 spiro atoms. The van der Waals surface area contributed by atoms with Crippen LogP contribution in [0.1, 0.15) is 0 Å². The molecule has 0 amide bonds. The van der Waals surface area contributed by atoms with Crippen LogP contribution in [0.15, 0.2) is 328 Å². The summed E-state index contributed by atoms with van der Waals surface area (Å²) in [6.45, 7) is 0. The number of aromatic nitrogens is 12. The summed E-state index contributed by atoms with van der Waals surface area (Å²) >= 11 is 0. The predicted octanol–water partition coefficient (Wildman–Crippen LogP) is 22.6. The van der Waals surface area contributed by atoms with Gasteiger partial charge in [0.15, 0.2) is 0 Å². The maximum Gasteiger partial charge on any atom is 0.0972 e. The fraction of sp³-hybridized carbons (Fsp3) is 0. The van der Waals surface area contributed by atoms with E-state index in [9.17, 15) is 0 Å². The highest BCUT2D eigenvalue weighted by Gasteiger charge is 2.19. The lowest BCUT2D eigenvalue weighted by molar-refractivity contribution is 1.28. The third-order valence-electron chi connectivity index (χ3n) is 20.4. The third kappa shape index (κ3) is 10.7. The van der Waals surface area contributed by atoms with Crippen molar-refractivity contribution in [2.45, 2.75) is 0 Å². The topological polar surface area (TPSA) is 155 Å². The third-order valence-corrected chi connectivity index (χ3v) is 20.4. The summed E-state index contributed by atoms with van der Waals surface area (Å²) in [6.07, 6.45) is 9.26. The first-order valence-corrected chi connectivity index (χ1v) is 35.2. The zero-order valence-corrected chi connectivity index (χ0v) is 56.5. The number of hydrogen-bond acceptors (Lipinski definition) is 12. The van der Waals surface area contributed by atoms with Crippen molar-refractivity contribution in [2.24, 2.45) is 0 Å². The van der Waals surface area contributed by atoms with Crippen molar-refractivity contribution in [3.63, 3.8) is 0 Å². The standard InChI is InChI=1S/C94H54N12/c1-3-41-95-85(10-1)87-38-26-67-47-61(22-34-79(67)102-87)59-20-32-77-65(45-59)24-36-76(100-77)63-7-5-8-64(49-63)81-29-17-57-14-15-69-50-73(54-99-90(69)92(57)104-81)74-40-44-98-94-75(74)28-16-58-19-31-84(106-93(58)94)72-52-70(51-71(53-72)83-30-18-56-13-12-55-9-6-43-97-89(55)91(56)105-83)82-37-25-66-46-60(21-33-78(66)101-82)62-23-35-80-68(48-62)27-39-88(103-80)86-11-2-4-42-96-86/h1-54H. The molecule has 0 N–H and O–H groups in total. The molecule has 106 heavy (non-hydrogen) atoms. The van der Waals surface area contributed by atoms with Crippen LogP contribution in [-0.4, -0.2) is 59.8 Å². The smallest absolute Gasteiger partial charge is 0.0972 e. The van der Waals surface area contributed by atoms with Gasteiger partial charge in [0, 0.05) is 118 Å². The summed E-state index contributed by atoms with van der Waals surface area (Å²) in [5.41, 5.74) is 27.3. The first kappa shape index (κ1) is 60.2. The molecule has 0 atom stereocenters. The quantitative estimate of drug-likeness (QED) is 0.120. The van der Waals surface area contributed by atoms with Gasteiger partial charge in [-0.1, -0.05) is 140 Å². The van der Waals surface area contributed by atoms with E-state index >= 15 is 0 Å². The molecule has 12 nitrogen and oxygen atoms in total. The van der Waals surface area contributed by atoms with Gasteiger partial charge in [-0.2, -0.15) is 0 Å². The Morgan fingerprint density at radius 1 is 0.160 bits per heavy atom. The van der Waals surface area contributed by atoms with Gasteiger partial charge < -0.3 is 0 Å². The van der Waals surface area contributed by atoms with E-state index < -0.39 is 0 Å². The van der Waals surface area contributed by atoms with Crippen LogP contribution in [0.5, 0.6) is 0 Å². The molecule has 0 saturated heterocycles. The largest absolute Gasteiger partial charge is 0.255 e. The summed E-state index contributed by atoms with van der Waals surface area (Å²) in [5.74, 6) is 0. The van der Waals surface area contributed by atoms with Crippen LogP contribution in [0.4, 0.5) is 0 Å². The summed E-state index contributed by atoms with van der Waals surface area (Å²) in [4.78, 5) is 60.7. The summed E-state index contributed by atoms with van der Waals surface area (Å²) in [6, 6.07) is 103. The van der Waals surface area contributed by atoms with Crippen molar-refractivity contribution in [2.75, 3.05) is 0 Å². The Bertz CT molecular complexity index is 7230. The monoisotopic (exact) mass is 1350 g/mol. The molecular formula is C94H54N12. The average molecular weight is 1350 g/mol. The Labute approximate surface area is 605 Å². The molecule has 0 aliphatic rings. The van der Waals surface area contributed by atoms with Crippen molar-refractivity contribution in [1.29, 1.82) is 0 Å². The van der Waals surface area contributed by atoms with Gasteiger partial charge >= 0.3 is 0 Å². The van der Waals surface area contributed by atoms with Gasteiger partial charge in [0.1, 0.15) is 0 Å². The van der Waals surface area contributed by atoms with E-state index in [-0.39, 0.29) is 0 Å². The van der Waals surface area contributed by atoms with Gasteiger partial charge in [-0.05, 0) is 186 Å². The number of benzene rings is 9. The minimum Gasteiger partial charge on any atom is -0.255 e. The predicted molar refractivity (Wildman–Crippen MR) is 429 cm³/mol. The van der Waals surface area contributed by atoms with Gasteiger partial charge in [-0.25, -0.2) is 34.9 Å². The zero-order chi connectivity index (χ0) is 69.8. The molecular weight excluding hydrogens is 1300 g/mol. The molecule has 0 bridgehead atoms. The summed E-state index contributed by atoms with van der Waals surface area (Å²) < 4.78 is 0. The highest BCUT2D eigenvalue weighted by molar-refractivity contribution is 6.11. The fourth-order valence-electron chi connectivity index (χ4n) is 14.9. The second-order valence-corrected chi connectivity index (χ2v) is 26.9. The highest BCUT2D eigenvalue weighted by atomic mass is 14.8. The Morgan fingerprint density at radius 3 is 1.03 bits per heavy atom. The molecule has 0 fully saturated rings. The Kier molecular flexibility index (Phi) is 14.0. The van der Waals surface area contributed by atoms with Gasteiger partial charge in [0.2, 0.25) is 0 Å². The van der Waals surface area contributed by atoms with Crippen molar-refractivity contribution >= 4 is 109 Å². The second kappa shape index (κ2) is 24.6. The molecule has 21 aromatic rings. The summed E-state index contributed by atoms with van der Waals surface area (Å²) in [5, 5.41) is 10.2. The maximum atomic E-state index is 5.52. The van der Waals surface area contributed by atoms with Crippen molar-refractivity contribution in [1.82, 2.24) is 59.8 Å². The van der Waals surface area contributed by atoms with E-state index in [1.165, 1.54) is 0 Å². The molecule has 490 valence electrons. The number of nitrogens with zero attached hydrogens (tertiary/aromatic N) is 12. The van der Waals surface area contributed by atoms with Crippen molar-refractivity contribution < 1.29 is 0 Å². The SMILES string of the molecule is c1ccc(-c2ccc3cc(-c4ccc5nc(-c6cccc(-c7ccc8ccc9cc(-c%10ccnc%11c%10ccc%10ccc(-c%12cc(-c%13ccc%14cc(-c%15ccc%16nc(-c%17ccccn%17)ccc%16c%15)ccc%14n%13)cc(-c%13ccc%14ccc%15cccnc%15c%14n%13)c%12)nc%10%11)cnc9c8n7)c6)ccc5c4)ccc3n2)nc1. The fourth-order valence-corrected chi connectivity index (χ4v) is 14.9. The van der Waals surface area contributed by atoms with Crippen molar-refractivity contribution in [3.8, 4) is 112 Å². The zero-order valence-electron chi connectivity index (χ0n) is 56.5. The normalized spacial score (nSPS) is 11.8. The molecule has 0 radical (unpaired) electrons. The van der Waals surface area contributed by atoms with E-state index in [0.29, 0.717) is 0 Å². The molecule has 12 heteroatoms.